The first kappa shape index (κ1) is 12.3. The number of para-hydroxylation sites is 1. The van der Waals surface area contributed by atoms with Crippen LogP contribution in [-0.2, 0) is 0 Å². The van der Waals surface area contributed by atoms with Crippen molar-refractivity contribution in [2.75, 3.05) is 5.32 Å². The van der Waals surface area contributed by atoms with Gasteiger partial charge in [0, 0.05) is 23.3 Å². The summed E-state index contributed by atoms with van der Waals surface area (Å²) in [6, 6.07) is 9.98. The molecule has 2 aromatic carbocycles. The fourth-order valence-electron chi connectivity index (χ4n) is 2.10. The van der Waals surface area contributed by atoms with Crippen molar-refractivity contribution in [3.63, 3.8) is 0 Å². The lowest BCUT2D eigenvalue weighted by molar-refractivity contribution is 0.102. The van der Waals surface area contributed by atoms with Crippen molar-refractivity contribution >= 4 is 22.5 Å². The molecule has 0 spiro atoms. The van der Waals surface area contributed by atoms with Crippen LogP contribution in [0.1, 0.15) is 10.4 Å². The van der Waals surface area contributed by atoms with E-state index in [0.717, 1.165) is 23.6 Å². The SMILES string of the molecule is O=C(Nc1cc(F)cc(F)c1)c1cccc2cc[nH]c12. The van der Waals surface area contributed by atoms with Crippen LogP contribution in [0, 0.1) is 11.6 Å². The molecule has 100 valence electrons. The average Bonchev–Trinajstić information content (AvgIpc) is 2.85. The third-order valence-electron chi connectivity index (χ3n) is 2.95. The third kappa shape index (κ3) is 2.25. The molecule has 0 atom stereocenters. The summed E-state index contributed by atoms with van der Waals surface area (Å²) >= 11 is 0. The Hall–Kier alpha value is -2.69. The van der Waals surface area contributed by atoms with Crippen molar-refractivity contribution in [2.24, 2.45) is 0 Å². The predicted molar refractivity (Wildman–Crippen MR) is 72.6 cm³/mol. The molecule has 1 amide bonds. The zero-order valence-corrected chi connectivity index (χ0v) is 10.3. The van der Waals surface area contributed by atoms with E-state index < -0.39 is 17.5 Å². The van der Waals surface area contributed by atoms with Crippen molar-refractivity contribution in [2.45, 2.75) is 0 Å². The van der Waals surface area contributed by atoms with Crippen LogP contribution in [-0.4, -0.2) is 10.9 Å². The molecule has 0 aliphatic rings. The number of carbonyl (C=O) groups is 1. The molecule has 1 aromatic heterocycles. The van der Waals surface area contributed by atoms with Crippen LogP contribution >= 0.6 is 0 Å². The number of aromatic nitrogens is 1. The fourth-order valence-corrected chi connectivity index (χ4v) is 2.10. The van der Waals surface area contributed by atoms with Gasteiger partial charge in [0.15, 0.2) is 0 Å². The molecule has 3 rings (SSSR count). The normalized spacial score (nSPS) is 10.7. The highest BCUT2D eigenvalue weighted by Crippen LogP contribution is 2.19. The Bertz CT molecular complexity index is 775. The Balaban J connectivity index is 1.95. The van der Waals surface area contributed by atoms with Crippen molar-refractivity contribution in [1.82, 2.24) is 4.98 Å². The van der Waals surface area contributed by atoms with E-state index in [9.17, 15) is 13.6 Å². The van der Waals surface area contributed by atoms with E-state index >= 15 is 0 Å². The summed E-state index contributed by atoms with van der Waals surface area (Å²) in [6.45, 7) is 0. The highest BCUT2D eigenvalue weighted by molar-refractivity contribution is 6.11. The molecule has 0 bridgehead atoms. The molecule has 1 heterocycles. The molecule has 5 heteroatoms. The molecule has 0 aliphatic heterocycles. The van der Waals surface area contributed by atoms with E-state index in [2.05, 4.69) is 10.3 Å². The second-order valence-electron chi connectivity index (χ2n) is 4.36. The summed E-state index contributed by atoms with van der Waals surface area (Å²) in [5, 5.41) is 3.37. The van der Waals surface area contributed by atoms with Crippen LogP contribution in [0.15, 0.2) is 48.7 Å². The van der Waals surface area contributed by atoms with Gasteiger partial charge in [-0.05, 0) is 24.3 Å². The number of nitrogens with one attached hydrogen (secondary N) is 2. The van der Waals surface area contributed by atoms with Gasteiger partial charge in [-0.15, -0.1) is 0 Å². The molecule has 0 radical (unpaired) electrons. The van der Waals surface area contributed by atoms with E-state index in [4.69, 9.17) is 0 Å². The maximum absolute atomic E-state index is 13.1. The first-order chi connectivity index (χ1) is 9.63. The lowest BCUT2D eigenvalue weighted by atomic mass is 10.1. The Kier molecular flexibility index (Phi) is 2.95. The Labute approximate surface area is 113 Å². The van der Waals surface area contributed by atoms with Crippen LogP contribution in [0.2, 0.25) is 0 Å². The van der Waals surface area contributed by atoms with Gasteiger partial charge in [0.1, 0.15) is 11.6 Å². The number of fused-ring (bicyclic) bond motifs is 1. The van der Waals surface area contributed by atoms with E-state index in [0.29, 0.717) is 11.1 Å². The molecular weight excluding hydrogens is 262 g/mol. The number of hydrogen-bond acceptors (Lipinski definition) is 1. The summed E-state index contributed by atoms with van der Waals surface area (Å²) in [4.78, 5) is 15.1. The van der Waals surface area contributed by atoms with Crippen LogP contribution < -0.4 is 5.32 Å². The summed E-state index contributed by atoms with van der Waals surface area (Å²) < 4.78 is 26.2. The zero-order valence-electron chi connectivity index (χ0n) is 10.3. The molecule has 0 saturated heterocycles. The molecule has 0 fully saturated rings. The van der Waals surface area contributed by atoms with E-state index in [1.165, 1.54) is 0 Å². The van der Waals surface area contributed by atoms with Gasteiger partial charge in [-0.1, -0.05) is 12.1 Å². The molecule has 0 saturated carbocycles. The molecule has 0 unspecified atom stereocenters. The number of anilines is 1. The fraction of sp³-hybridized carbons (Fsp3) is 0. The van der Waals surface area contributed by atoms with Gasteiger partial charge in [0.05, 0.1) is 11.1 Å². The lowest BCUT2D eigenvalue weighted by Crippen LogP contribution is -2.12. The molecule has 2 N–H and O–H groups in total. The molecule has 0 aliphatic carbocycles. The number of benzene rings is 2. The topological polar surface area (TPSA) is 44.9 Å². The smallest absolute Gasteiger partial charge is 0.257 e. The maximum atomic E-state index is 13.1. The Morgan fingerprint density at radius 2 is 1.80 bits per heavy atom. The second kappa shape index (κ2) is 4.77. The zero-order chi connectivity index (χ0) is 14.1. The average molecular weight is 272 g/mol. The molecule has 20 heavy (non-hydrogen) atoms. The number of H-pyrrole nitrogens is 1. The summed E-state index contributed by atoms with van der Waals surface area (Å²) in [5.41, 5.74) is 1.18. The predicted octanol–water partition coefficient (Wildman–Crippen LogP) is 3.70. The van der Waals surface area contributed by atoms with Crippen molar-refractivity contribution < 1.29 is 13.6 Å². The van der Waals surface area contributed by atoms with E-state index in [-0.39, 0.29) is 5.69 Å². The van der Waals surface area contributed by atoms with E-state index in [1.807, 2.05) is 12.1 Å². The van der Waals surface area contributed by atoms with Crippen LogP contribution in [0.3, 0.4) is 0 Å². The third-order valence-corrected chi connectivity index (χ3v) is 2.95. The largest absolute Gasteiger partial charge is 0.361 e. The highest BCUT2D eigenvalue weighted by Gasteiger charge is 2.11. The number of aromatic amines is 1. The summed E-state index contributed by atoms with van der Waals surface area (Å²) in [5.74, 6) is -1.90. The minimum Gasteiger partial charge on any atom is -0.361 e. The van der Waals surface area contributed by atoms with Gasteiger partial charge >= 0.3 is 0 Å². The monoisotopic (exact) mass is 272 g/mol. The molecular formula is C15H10F2N2O. The first-order valence-corrected chi connectivity index (χ1v) is 5.97. The van der Waals surface area contributed by atoms with Crippen molar-refractivity contribution in [3.8, 4) is 0 Å². The van der Waals surface area contributed by atoms with Crippen molar-refractivity contribution in [1.29, 1.82) is 0 Å². The molecule has 3 aromatic rings. The molecule has 3 nitrogen and oxygen atoms in total. The standard InChI is InChI=1S/C15H10F2N2O/c16-10-6-11(17)8-12(7-10)19-15(20)13-3-1-2-9-4-5-18-14(9)13/h1-8,18H,(H,19,20). The van der Waals surface area contributed by atoms with Gasteiger partial charge in [0.25, 0.3) is 5.91 Å². The van der Waals surface area contributed by atoms with E-state index in [1.54, 1.807) is 18.3 Å². The minimum atomic E-state index is -0.738. The number of rotatable bonds is 2. The maximum Gasteiger partial charge on any atom is 0.257 e. The van der Waals surface area contributed by atoms with Crippen LogP contribution in [0.4, 0.5) is 14.5 Å². The number of halogens is 2. The number of amides is 1. The first-order valence-electron chi connectivity index (χ1n) is 5.97. The Morgan fingerprint density at radius 1 is 1.05 bits per heavy atom. The summed E-state index contributed by atoms with van der Waals surface area (Å²) in [7, 11) is 0. The Morgan fingerprint density at radius 3 is 2.55 bits per heavy atom. The van der Waals surface area contributed by atoms with Crippen LogP contribution in [0.5, 0.6) is 0 Å². The van der Waals surface area contributed by atoms with Gasteiger partial charge in [-0.3, -0.25) is 4.79 Å². The van der Waals surface area contributed by atoms with Gasteiger partial charge in [-0.2, -0.15) is 0 Å². The highest BCUT2D eigenvalue weighted by atomic mass is 19.1. The lowest BCUT2D eigenvalue weighted by Gasteiger charge is -2.06. The van der Waals surface area contributed by atoms with Crippen LogP contribution in [0.25, 0.3) is 10.9 Å². The quantitative estimate of drug-likeness (QED) is 0.734. The minimum absolute atomic E-state index is 0.0797. The number of carbonyl (C=O) groups excluding carboxylic acids is 1. The second-order valence-corrected chi connectivity index (χ2v) is 4.36. The van der Waals surface area contributed by atoms with Gasteiger partial charge < -0.3 is 10.3 Å². The van der Waals surface area contributed by atoms with Crippen molar-refractivity contribution in [3.05, 3.63) is 65.9 Å². The number of hydrogen-bond donors (Lipinski definition) is 2. The summed E-state index contributed by atoms with van der Waals surface area (Å²) in [6.07, 6.45) is 1.73. The van der Waals surface area contributed by atoms with Gasteiger partial charge in [-0.25, -0.2) is 8.78 Å². The van der Waals surface area contributed by atoms with Gasteiger partial charge in [0.2, 0.25) is 0 Å².